The minimum absolute atomic E-state index is 0. The summed E-state index contributed by atoms with van der Waals surface area (Å²) in [5.41, 5.74) is 5.31. The Labute approximate surface area is 99.2 Å². The highest BCUT2D eigenvalue weighted by molar-refractivity contribution is 7.52. The van der Waals surface area contributed by atoms with Crippen LogP contribution in [0.1, 0.15) is 12.8 Å². The van der Waals surface area contributed by atoms with Crippen molar-refractivity contribution in [2.45, 2.75) is 24.7 Å². The molecule has 0 aromatic carbocycles. The second-order valence-electron chi connectivity index (χ2n) is 3.65. The molecule has 1 unspecified atom stereocenters. The summed E-state index contributed by atoms with van der Waals surface area (Å²) in [5, 5.41) is 8.59. The molecule has 0 aliphatic carbocycles. The highest BCUT2D eigenvalue weighted by Crippen LogP contribution is 2.47. The zero-order valence-corrected chi connectivity index (χ0v) is 10.2. The molecule has 0 amide bonds. The van der Waals surface area contributed by atoms with Crippen LogP contribution in [-0.2, 0) is 9.36 Å². The fourth-order valence-corrected chi connectivity index (χ4v) is 2.89. The molecule has 0 saturated carbocycles. The van der Waals surface area contributed by atoms with Crippen LogP contribution in [0.25, 0.3) is 0 Å². The third kappa shape index (κ3) is 4.01. The number of rotatable bonds is 4. The highest BCUT2D eigenvalue weighted by Gasteiger charge is 2.38. The molecule has 0 spiro atoms. The SMILES string of the molecule is Cl.N[C@@H](CN1CCCC1P(=O)(O)O)C(=O)O. The predicted octanol–water partition coefficient (Wildman–Crippen LogP) is -0.580. The van der Waals surface area contributed by atoms with Crippen LogP contribution in [0.4, 0.5) is 0 Å². The Bertz CT molecular complexity index is 297. The summed E-state index contributed by atoms with van der Waals surface area (Å²) in [4.78, 5) is 30.0. The smallest absolute Gasteiger partial charge is 0.342 e. The van der Waals surface area contributed by atoms with E-state index in [1.54, 1.807) is 0 Å². The fourth-order valence-electron chi connectivity index (χ4n) is 1.73. The summed E-state index contributed by atoms with van der Waals surface area (Å²) >= 11 is 0. The summed E-state index contributed by atoms with van der Waals surface area (Å²) in [7, 11) is -4.18. The topological polar surface area (TPSA) is 124 Å². The van der Waals surface area contributed by atoms with Gasteiger partial charge in [-0.15, -0.1) is 12.4 Å². The van der Waals surface area contributed by atoms with Gasteiger partial charge in [-0.05, 0) is 19.4 Å². The van der Waals surface area contributed by atoms with Crippen molar-refractivity contribution in [3.63, 3.8) is 0 Å². The molecule has 16 heavy (non-hydrogen) atoms. The number of carboxylic acid groups (broad SMARTS) is 1. The van der Waals surface area contributed by atoms with Gasteiger partial charge in [-0.25, -0.2) is 0 Å². The third-order valence-electron chi connectivity index (χ3n) is 2.47. The average molecular weight is 275 g/mol. The van der Waals surface area contributed by atoms with Crippen LogP contribution in [0.5, 0.6) is 0 Å². The minimum Gasteiger partial charge on any atom is -0.480 e. The molecule has 96 valence electrons. The lowest BCUT2D eigenvalue weighted by Crippen LogP contribution is -2.44. The lowest BCUT2D eigenvalue weighted by molar-refractivity contribution is -0.139. The Morgan fingerprint density at radius 1 is 1.56 bits per heavy atom. The Balaban J connectivity index is 0.00000225. The van der Waals surface area contributed by atoms with Crippen LogP contribution in [0.3, 0.4) is 0 Å². The van der Waals surface area contributed by atoms with Gasteiger partial charge in [0.05, 0.1) is 0 Å². The number of hydrogen-bond acceptors (Lipinski definition) is 4. The van der Waals surface area contributed by atoms with E-state index in [0.717, 1.165) is 0 Å². The van der Waals surface area contributed by atoms with Gasteiger partial charge in [-0.2, -0.15) is 0 Å². The minimum atomic E-state index is -4.18. The summed E-state index contributed by atoms with van der Waals surface area (Å²) in [6, 6.07) is -1.10. The quantitative estimate of drug-likeness (QED) is 0.506. The average Bonchev–Trinajstić information content (AvgIpc) is 2.50. The van der Waals surface area contributed by atoms with Gasteiger partial charge in [0.1, 0.15) is 11.8 Å². The molecule has 1 rings (SSSR count). The third-order valence-corrected chi connectivity index (χ3v) is 3.83. The van der Waals surface area contributed by atoms with Crippen LogP contribution in [0.15, 0.2) is 0 Å². The molecule has 5 N–H and O–H groups in total. The van der Waals surface area contributed by atoms with Crippen molar-refractivity contribution in [1.82, 2.24) is 4.90 Å². The summed E-state index contributed by atoms with van der Waals surface area (Å²) in [5.74, 6) is -2.03. The molecule has 1 aliphatic rings. The second-order valence-corrected chi connectivity index (χ2v) is 5.43. The highest BCUT2D eigenvalue weighted by atomic mass is 35.5. The fraction of sp³-hybridized carbons (Fsp3) is 0.857. The summed E-state index contributed by atoms with van der Waals surface area (Å²) in [6.07, 6.45) is 1.04. The van der Waals surface area contributed by atoms with E-state index in [1.807, 2.05) is 0 Å². The molecule has 0 radical (unpaired) electrons. The lowest BCUT2D eigenvalue weighted by Gasteiger charge is -2.26. The van der Waals surface area contributed by atoms with Gasteiger partial charge in [0.2, 0.25) is 0 Å². The molecule has 0 bridgehead atoms. The van der Waals surface area contributed by atoms with E-state index in [9.17, 15) is 9.36 Å². The van der Waals surface area contributed by atoms with E-state index in [1.165, 1.54) is 4.90 Å². The van der Waals surface area contributed by atoms with Crippen molar-refractivity contribution in [1.29, 1.82) is 0 Å². The van der Waals surface area contributed by atoms with E-state index in [4.69, 9.17) is 20.6 Å². The Morgan fingerprint density at radius 2 is 2.12 bits per heavy atom. The van der Waals surface area contributed by atoms with Gasteiger partial charge < -0.3 is 20.6 Å². The summed E-state index contributed by atoms with van der Waals surface area (Å²) < 4.78 is 11.1. The monoisotopic (exact) mass is 274 g/mol. The van der Waals surface area contributed by atoms with Crippen molar-refractivity contribution in [3.8, 4) is 0 Å². The summed E-state index contributed by atoms with van der Waals surface area (Å²) in [6.45, 7) is 0.460. The largest absolute Gasteiger partial charge is 0.480 e. The molecule has 1 fully saturated rings. The van der Waals surface area contributed by atoms with Gasteiger partial charge in [-0.3, -0.25) is 14.3 Å². The first-order valence-electron chi connectivity index (χ1n) is 4.60. The number of carboxylic acids is 1. The van der Waals surface area contributed by atoms with Gasteiger partial charge in [0.15, 0.2) is 0 Å². The van der Waals surface area contributed by atoms with Crippen LogP contribution in [0.2, 0.25) is 0 Å². The molecule has 1 aliphatic heterocycles. The van der Waals surface area contributed by atoms with Crippen LogP contribution in [0, 0.1) is 0 Å². The Morgan fingerprint density at radius 3 is 2.56 bits per heavy atom. The number of aliphatic carboxylic acids is 1. The van der Waals surface area contributed by atoms with E-state index in [2.05, 4.69) is 0 Å². The molecule has 0 aromatic rings. The first-order valence-corrected chi connectivity index (χ1v) is 6.28. The van der Waals surface area contributed by atoms with Gasteiger partial charge in [-0.1, -0.05) is 0 Å². The van der Waals surface area contributed by atoms with Gasteiger partial charge in [0.25, 0.3) is 0 Å². The maximum atomic E-state index is 11.1. The molecule has 2 atom stereocenters. The molecule has 1 heterocycles. The van der Waals surface area contributed by atoms with E-state index in [0.29, 0.717) is 19.4 Å². The first kappa shape index (κ1) is 15.8. The number of halogens is 1. The predicted molar refractivity (Wildman–Crippen MR) is 59.5 cm³/mol. The second kappa shape index (κ2) is 5.95. The number of nitrogens with zero attached hydrogens (tertiary/aromatic N) is 1. The number of hydrogen-bond donors (Lipinski definition) is 4. The number of nitrogens with two attached hydrogens (primary N) is 1. The van der Waals surface area contributed by atoms with E-state index >= 15 is 0 Å². The van der Waals surface area contributed by atoms with Crippen molar-refractivity contribution < 1.29 is 24.3 Å². The van der Waals surface area contributed by atoms with Gasteiger partial charge in [0, 0.05) is 6.54 Å². The van der Waals surface area contributed by atoms with Gasteiger partial charge >= 0.3 is 13.6 Å². The number of likely N-dealkylation sites (tertiary alicyclic amines) is 1. The maximum absolute atomic E-state index is 11.1. The molecule has 0 aromatic heterocycles. The Hall–Kier alpha value is -0.170. The van der Waals surface area contributed by atoms with Crippen molar-refractivity contribution in [2.24, 2.45) is 5.73 Å². The van der Waals surface area contributed by atoms with Crippen LogP contribution < -0.4 is 5.73 Å². The van der Waals surface area contributed by atoms with Crippen LogP contribution in [-0.4, -0.2) is 50.7 Å². The standard InChI is InChI=1S/C7H15N2O5P.ClH/c8-5(7(10)11)4-9-3-1-2-6(9)15(12,13)14;/h5-6H,1-4,8H2,(H,10,11)(H2,12,13,14);1H/t5-,6?;/m0./s1. The molecule has 1 saturated heterocycles. The molecular formula is C7H16ClN2O5P. The van der Waals surface area contributed by atoms with Crippen molar-refractivity contribution in [2.75, 3.05) is 13.1 Å². The van der Waals surface area contributed by atoms with Crippen molar-refractivity contribution >= 4 is 26.0 Å². The maximum Gasteiger partial charge on any atom is 0.342 e. The Kier molecular flexibility index (Phi) is 5.89. The molecule has 9 heteroatoms. The zero-order chi connectivity index (χ0) is 11.6. The molecule has 7 nitrogen and oxygen atoms in total. The van der Waals surface area contributed by atoms with E-state index in [-0.39, 0.29) is 19.0 Å². The van der Waals surface area contributed by atoms with Crippen molar-refractivity contribution in [3.05, 3.63) is 0 Å². The first-order chi connectivity index (χ1) is 6.82. The van der Waals surface area contributed by atoms with Crippen LogP contribution >= 0.6 is 20.0 Å². The normalized spacial score (nSPS) is 23.8. The number of carbonyl (C=O) groups is 1. The lowest BCUT2D eigenvalue weighted by atomic mass is 10.3. The van der Waals surface area contributed by atoms with E-state index < -0.39 is 25.4 Å². The zero-order valence-electron chi connectivity index (χ0n) is 8.52. The molecular weight excluding hydrogens is 259 g/mol.